The Bertz CT molecular complexity index is 358. The van der Waals surface area contributed by atoms with Crippen LogP contribution in [0.5, 0.6) is 0 Å². The van der Waals surface area contributed by atoms with E-state index in [1.54, 1.807) is 0 Å². The summed E-state index contributed by atoms with van der Waals surface area (Å²) < 4.78 is 0. The van der Waals surface area contributed by atoms with Gasteiger partial charge in [0, 0.05) is 18.3 Å². The highest BCUT2D eigenvalue weighted by Gasteiger charge is 2.37. The Labute approximate surface area is 128 Å². The first kappa shape index (κ1) is 14.7. The van der Waals surface area contributed by atoms with Crippen LogP contribution in [0.4, 0.5) is 0 Å². The molecule has 0 amide bonds. The predicted molar refractivity (Wildman–Crippen MR) is 89.4 cm³/mol. The summed E-state index contributed by atoms with van der Waals surface area (Å²) in [5.41, 5.74) is 0.569. The number of amidine groups is 1. The van der Waals surface area contributed by atoms with E-state index < -0.39 is 0 Å². The van der Waals surface area contributed by atoms with Crippen molar-refractivity contribution in [3.63, 3.8) is 0 Å². The minimum absolute atomic E-state index is 0.569. The molecule has 0 aromatic carbocycles. The SMILES string of the molecule is CC(C)C1CCCCC1NC1=NCC2(CCCC2)CS1. The van der Waals surface area contributed by atoms with Gasteiger partial charge in [-0.2, -0.15) is 0 Å². The third kappa shape index (κ3) is 3.18. The molecule has 0 aromatic heterocycles. The maximum atomic E-state index is 4.92. The fourth-order valence-corrected chi connectivity index (χ4v) is 5.58. The Morgan fingerprint density at radius 2 is 1.90 bits per heavy atom. The number of hydrogen-bond donors (Lipinski definition) is 1. The molecule has 1 aliphatic heterocycles. The molecule has 0 radical (unpaired) electrons. The normalized spacial score (nSPS) is 33.5. The van der Waals surface area contributed by atoms with E-state index in [-0.39, 0.29) is 0 Å². The summed E-state index contributed by atoms with van der Waals surface area (Å²) in [6.45, 7) is 5.85. The first-order valence-electron chi connectivity index (χ1n) is 8.62. The molecule has 114 valence electrons. The summed E-state index contributed by atoms with van der Waals surface area (Å²) in [6, 6.07) is 0.674. The van der Waals surface area contributed by atoms with Gasteiger partial charge in [0.05, 0.1) is 0 Å². The van der Waals surface area contributed by atoms with Crippen molar-refractivity contribution in [2.75, 3.05) is 12.3 Å². The van der Waals surface area contributed by atoms with Crippen LogP contribution >= 0.6 is 11.8 Å². The molecule has 2 atom stereocenters. The Morgan fingerprint density at radius 1 is 1.15 bits per heavy atom. The maximum absolute atomic E-state index is 4.92. The third-order valence-electron chi connectivity index (χ3n) is 5.72. The molecule has 2 saturated carbocycles. The van der Waals surface area contributed by atoms with E-state index in [0.717, 1.165) is 18.4 Å². The molecule has 0 bridgehead atoms. The zero-order valence-electron chi connectivity index (χ0n) is 13.2. The Kier molecular flexibility index (Phi) is 4.64. The first-order chi connectivity index (χ1) is 9.69. The van der Waals surface area contributed by atoms with E-state index in [1.165, 1.54) is 62.3 Å². The molecule has 2 nitrogen and oxygen atoms in total. The number of aliphatic imine (C=N–C) groups is 1. The molecular weight excluding hydrogens is 264 g/mol. The van der Waals surface area contributed by atoms with Crippen LogP contribution in [0.3, 0.4) is 0 Å². The zero-order chi connectivity index (χ0) is 14.0. The Balaban J connectivity index is 1.58. The van der Waals surface area contributed by atoms with Gasteiger partial charge in [0.2, 0.25) is 0 Å². The molecule has 3 aliphatic rings. The summed E-state index contributed by atoms with van der Waals surface area (Å²) in [7, 11) is 0. The molecule has 3 rings (SSSR count). The lowest BCUT2D eigenvalue weighted by molar-refractivity contribution is 0.224. The molecule has 0 saturated heterocycles. The van der Waals surface area contributed by atoms with E-state index in [2.05, 4.69) is 19.2 Å². The third-order valence-corrected chi connectivity index (χ3v) is 7.00. The van der Waals surface area contributed by atoms with Crippen molar-refractivity contribution >= 4 is 16.9 Å². The van der Waals surface area contributed by atoms with Crippen molar-refractivity contribution in [1.82, 2.24) is 5.32 Å². The zero-order valence-corrected chi connectivity index (χ0v) is 14.0. The Hall–Kier alpha value is -0.180. The van der Waals surface area contributed by atoms with Gasteiger partial charge in [-0.3, -0.25) is 4.99 Å². The number of hydrogen-bond acceptors (Lipinski definition) is 3. The van der Waals surface area contributed by atoms with Crippen LogP contribution in [0.1, 0.15) is 65.2 Å². The highest BCUT2D eigenvalue weighted by Crippen LogP contribution is 2.43. The second kappa shape index (κ2) is 6.29. The molecule has 1 N–H and O–H groups in total. The number of thioether (sulfide) groups is 1. The smallest absolute Gasteiger partial charge is 0.156 e. The van der Waals surface area contributed by atoms with E-state index in [4.69, 9.17) is 4.99 Å². The summed E-state index contributed by atoms with van der Waals surface area (Å²) >= 11 is 2.01. The highest BCUT2D eigenvalue weighted by atomic mass is 32.2. The van der Waals surface area contributed by atoms with Gasteiger partial charge in [-0.25, -0.2) is 0 Å². The summed E-state index contributed by atoms with van der Waals surface area (Å²) in [6.07, 6.45) is 11.2. The molecule has 0 aromatic rings. The van der Waals surface area contributed by atoms with Crippen LogP contribution in [-0.2, 0) is 0 Å². The van der Waals surface area contributed by atoms with E-state index in [0.29, 0.717) is 11.5 Å². The van der Waals surface area contributed by atoms with Gasteiger partial charge in [0.15, 0.2) is 5.17 Å². The molecule has 1 spiro atoms. The molecule has 2 unspecified atom stereocenters. The predicted octanol–water partition coefficient (Wildman–Crippen LogP) is 4.45. The minimum Gasteiger partial charge on any atom is -0.362 e. The van der Waals surface area contributed by atoms with Gasteiger partial charge < -0.3 is 5.32 Å². The van der Waals surface area contributed by atoms with Crippen LogP contribution in [0.2, 0.25) is 0 Å². The molecule has 3 heteroatoms. The quantitative estimate of drug-likeness (QED) is 0.813. The van der Waals surface area contributed by atoms with Crippen molar-refractivity contribution < 1.29 is 0 Å². The lowest BCUT2D eigenvalue weighted by Crippen LogP contribution is -2.45. The minimum atomic E-state index is 0.569. The van der Waals surface area contributed by atoms with Gasteiger partial charge in [-0.15, -0.1) is 0 Å². The average molecular weight is 295 g/mol. The second-order valence-electron chi connectivity index (χ2n) is 7.56. The van der Waals surface area contributed by atoms with Crippen molar-refractivity contribution in [3.05, 3.63) is 0 Å². The lowest BCUT2D eigenvalue weighted by Gasteiger charge is -2.37. The fraction of sp³-hybridized carbons (Fsp3) is 0.941. The number of rotatable bonds is 2. The highest BCUT2D eigenvalue weighted by molar-refractivity contribution is 8.13. The number of nitrogens with zero attached hydrogens (tertiary/aromatic N) is 1. The molecule has 1 heterocycles. The largest absolute Gasteiger partial charge is 0.362 e. The maximum Gasteiger partial charge on any atom is 0.156 e. The van der Waals surface area contributed by atoms with Crippen molar-refractivity contribution in [3.8, 4) is 0 Å². The standard InChI is InChI=1S/C17H30N2S/c1-13(2)14-7-3-4-8-15(14)19-16-18-11-17(12-20-16)9-5-6-10-17/h13-15H,3-12H2,1-2H3,(H,18,19). The lowest BCUT2D eigenvalue weighted by atomic mass is 9.78. The van der Waals surface area contributed by atoms with Crippen molar-refractivity contribution in [2.24, 2.45) is 22.2 Å². The monoisotopic (exact) mass is 294 g/mol. The van der Waals surface area contributed by atoms with Crippen LogP contribution in [0, 0.1) is 17.3 Å². The molecule has 2 aliphatic carbocycles. The van der Waals surface area contributed by atoms with Gasteiger partial charge in [0.25, 0.3) is 0 Å². The van der Waals surface area contributed by atoms with Crippen molar-refractivity contribution in [1.29, 1.82) is 0 Å². The first-order valence-corrected chi connectivity index (χ1v) is 9.61. The molecule has 20 heavy (non-hydrogen) atoms. The van der Waals surface area contributed by atoms with Crippen LogP contribution in [-0.4, -0.2) is 23.5 Å². The van der Waals surface area contributed by atoms with E-state index in [1.807, 2.05) is 11.8 Å². The van der Waals surface area contributed by atoms with Gasteiger partial charge in [0.1, 0.15) is 0 Å². The topological polar surface area (TPSA) is 24.4 Å². The van der Waals surface area contributed by atoms with Gasteiger partial charge in [-0.05, 0) is 42.9 Å². The number of nitrogens with one attached hydrogen (secondary N) is 1. The second-order valence-corrected chi connectivity index (χ2v) is 8.52. The van der Waals surface area contributed by atoms with Gasteiger partial charge >= 0.3 is 0 Å². The van der Waals surface area contributed by atoms with E-state index >= 15 is 0 Å². The summed E-state index contributed by atoms with van der Waals surface area (Å²) in [4.78, 5) is 4.92. The Morgan fingerprint density at radius 3 is 2.55 bits per heavy atom. The average Bonchev–Trinajstić information content (AvgIpc) is 2.90. The fourth-order valence-electron chi connectivity index (χ4n) is 4.36. The van der Waals surface area contributed by atoms with E-state index in [9.17, 15) is 0 Å². The van der Waals surface area contributed by atoms with Crippen LogP contribution < -0.4 is 5.32 Å². The van der Waals surface area contributed by atoms with Crippen LogP contribution in [0.15, 0.2) is 4.99 Å². The van der Waals surface area contributed by atoms with Gasteiger partial charge in [-0.1, -0.05) is 51.3 Å². The molecular formula is C17H30N2S. The summed E-state index contributed by atoms with van der Waals surface area (Å²) in [5, 5.41) is 5.06. The summed E-state index contributed by atoms with van der Waals surface area (Å²) in [5.74, 6) is 2.94. The molecule has 2 fully saturated rings. The van der Waals surface area contributed by atoms with Crippen molar-refractivity contribution in [2.45, 2.75) is 71.3 Å². The van der Waals surface area contributed by atoms with Crippen LogP contribution in [0.25, 0.3) is 0 Å².